The Bertz CT molecular complexity index is 232. The zero-order chi connectivity index (χ0) is 11.8. The molecule has 3 unspecified atom stereocenters. The standard InChI is InChI=1S/C13H25NO2/c1-13(2)6-4-9(5-7-13)16-11-8-10(14)12(11)15-3/h9-12H,4-8,14H2,1-3H3. The maximum Gasteiger partial charge on any atom is 0.0984 e. The van der Waals surface area contributed by atoms with Gasteiger partial charge in [-0.15, -0.1) is 0 Å². The van der Waals surface area contributed by atoms with Crippen LogP contribution in [0.3, 0.4) is 0 Å². The number of hydrogen-bond donors (Lipinski definition) is 1. The van der Waals surface area contributed by atoms with Gasteiger partial charge in [0.15, 0.2) is 0 Å². The molecule has 2 saturated carbocycles. The molecular weight excluding hydrogens is 202 g/mol. The van der Waals surface area contributed by atoms with E-state index >= 15 is 0 Å². The third kappa shape index (κ3) is 2.58. The molecule has 2 aliphatic carbocycles. The molecule has 3 atom stereocenters. The quantitative estimate of drug-likeness (QED) is 0.803. The van der Waals surface area contributed by atoms with E-state index < -0.39 is 0 Å². The Labute approximate surface area is 98.7 Å². The average molecular weight is 227 g/mol. The van der Waals surface area contributed by atoms with Crippen LogP contribution >= 0.6 is 0 Å². The zero-order valence-electron chi connectivity index (χ0n) is 10.7. The average Bonchev–Trinajstić information content (AvgIpc) is 2.20. The van der Waals surface area contributed by atoms with Crippen molar-refractivity contribution in [1.29, 1.82) is 0 Å². The Morgan fingerprint density at radius 2 is 1.81 bits per heavy atom. The Balaban J connectivity index is 1.75. The van der Waals surface area contributed by atoms with Gasteiger partial charge in [0, 0.05) is 13.2 Å². The first kappa shape index (κ1) is 12.3. The van der Waals surface area contributed by atoms with Crippen LogP contribution in [-0.4, -0.2) is 31.5 Å². The summed E-state index contributed by atoms with van der Waals surface area (Å²) < 4.78 is 11.4. The lowest BCUT2D eigenvalue weighted by Gasteiger charge is -2.44. The van der Waals surface area contributed by atoms with E-state index in [1.807, 2.05) is 0 Å². The van der Waals surface area contributed by atoms with Crippen LogP contribution in [0, 0.1) is 5.41 Å². The summed E-state index contributed by atoms with van der Waals surface area (Å²) in [4.78, 5) is 0. The van der Waals surface area contributed by atoms with Gasteiger partial charge in [-0.1, -0.05) is 13.8 Å². The summed E-state index contributed by atoms with van der Waals surface area (Å²) >= 11 is 0. The summed E-state index contributed by atoms with van der Waals surface area (Å²) in [5, 5.41) is 0. The van der Waals surface area contributed by atoms with Gasteiger partial charge in [0.1, 0.15) is 0 Å². The molecule has 0 aromatic carbocycles. The van der Waals surface area contributed by atoms with E-state index in [1.165, 1.54) is 25.7 Å². The molecule has 16 heavy (non-hydrogen) atoms. The predicted octanol–water partition coefficient (Wildman–Crippen LogP) is 2.09. The van der Waals surface area contributed by atoms with Gasteiger partial charge in [-0.25, -0.2) is 0 Å². The van der Waals surface area contributed by atoms with Crippen molar-refractivity contribution in [1.82, 2.24) is 0 Å². The van der Waals surface area contributed by atoms with Crippen LogP contribution in [0.15, 0.2) is 0 Å². The minimum absolute atomic E-state index is 0.120. The van der Waals surface area contributed by atoms with Crippen molar-refractivity contribution in [2.45, 2.75) is 70.3 Å². The van der Waals surface area contributed by atoms with Crippen LogP contribution in [-0.2, 0) is 9.47 Å². The largest absolute Gasteiger partial charge is 0.377 e. The van der Waals surface area contributed by atoms with Crippen molar-refractivity contribution in [2.75, 3.05) is 7.11 Å². The summed E-state index contributed by atoms with van der Waals surface area (Å²) in [7, 11) is 1.73. The molecule has 0 aromatic heterocycles. The first-order chi connectivity index (χ1) is 7.52. The second-order valence-electron chi connectivity index (χ2n) is 6.14. The second kappa shape index (κ2) is 4.63. The van der Waals surface area contributed by atoms with Crippen LogP contribution in [0.25, 0.3) is 0 Å². The Morgan fingerprint density at radius 1 is 1.19 bits per heavy atom. The molecule has 0 heterocycles. The molecule has 94 valence electrons. The molecule has 3 heteroatoms. The maximum absolute atomic E-state index is 6.09. The van der Waals surface area contributed by atoms with E-state index in [-0.39, 0.29) is 18.2 Å². The molecule has 2 fully saturated rings. The minimum Gasteiger partial charge on any atom is -0.377 e. The number of hydrogen-bond acceptors (Lipinski definition) is 3. The second-order valence-corrected chi connectivity index (χ2v) is 6.14. The van der Waals surface area contributed by atoms with E-state index in [2.05, 4.69) is 13.8 Å². The van der Waals surface area contributed by atoms with Crippen LogP contribution in [0.5, 0.6) is 0 Å². The number of nitrogens with two attached hydrogens (primary N) is 1. The molecule has 2 aliphatic rings. The molecule has 0 saturated heterocycles. The first-order valence-electron chi connectivity index (χ1n) is 6.46. The molecule has 0 spiro atoms. The zero-order valence-corrected chi connectivity index (χ0v) is 10.7. The highest BCUT2D eigenvalue weighted by Crippen LogP contribution is 2.38. The predicted molar refractivity (Wildman–Crippen MR) is 64.3 cm³/mol. The van der Waals surface area contributed by atoms with Crippen LogP contribution in [0.1, 0.15) is 46.0 Å². The molecule has 0 aliphatic heterocycles. The molecule has 2 rings (SSSR count). The van der Waals surface area contributed by atoms with E-state index in [0.29, 0.717) is 11.5 Å². The fourth-order valence-corrected chi connectivity index (χ4v) is 2.83. The lowest BCUT2D eigenvalue weighted by Crippen LogP contribution is -2.58. The van der Waals surface area contributed by atoms with E-state index in [1.54, 1.807) is 7.11 Å². The van der Waals surface area contributed by atoms with Gasteiger partial charge >= 0.3 is 0 Å². The number of ether oxygens (including phenoxy) is 2. The molecule has 0 amide bonds. The number of methoxy groups -OCH3 is 1. The van der Waals surface area contributed by atoms with Crippen LogP contribution in [0.2, 0.25) is 0 Å². The van der Waals surface area contributed by atoms with Crippen molar-refractivity contribution in [3.8, 4) is 0 Å². The SMILES string of the molecule is COC1C(N)CC1OC1CCC(C)(C)CC1. The van der Waals surface area contributed by atoms with Gasteiger partial charge in [-0.3, -0.25) is 0 Å². The summed E-state index contributed by atoms with van der Waals surface area (Å²) in [6, 6.07) is 0.176. The molecule has 2 N–H and O–H groups in total. The topological polar surface area (TPSA) is 44.5 Å². The highest BCUT2D eigenvalue weighted by Gasteiger charge is 2.41. The van der Waals surface area contributed by atoms with Gasteiger partial charge in [-0.05, 0) is 37.5 Å². The Morgan fingerprint density at radius 3 is 2.31 bits per heavy atom. The summed E-state index contributed by atoms with van der Waals surface area (Å²) in [6.45, 7) is 4.70. The normalized spacial score (nSPS) is 39.4. The molecule has 0 aromatic rings. The van der Waals surface area contributed by atoms with Crippen molar-refractivity contribution in [3.63, 3.8) is 0 Å². The smallest absolute Gasteiger partial charge is 0.0984 e. The molecule has 0 radical (unpaired) electrons. The lowest BCUT2D eigenvalue weighted by atomic mass is 9.76. The fraction of sp³-hybridized carbons (Fsp3) is 1.00. The third-order valence-corrected chi connectivity index (χ3v) is 4.22. The highest BCUT2D eigenvalue weighted by molar-refractivity contribution is 4.95. The van der Waals surface area contributed by atoms with Gasteiger partial charge in [0.05, 0.1) is 18.3 Å². The van der Waals surface area contributed by atoms with Crippen molar-refractivity contribution < 1.29 is 9.47 Å². The van der Waals surface area contributed by atoms with Crippen LogP contribution < -0.4 is 5.73 Å². The molecule has 3 nitrogen and oxygen atoms in total. The van der Waals surface area contributed by atoms with Crippen molar-refractivity contribution in [2.24, 2.45) is 11.1 Å². The van der Waals surface area contributed by atoms with E-state index in [9.17, 15) is 0 Å². The van der Waals surface area contributed by atoms with Crippen molar-refractivity contribution in [3.05, 3.63) is 0 Å². The summed E-state index contributed by atoms with van der Waals surface area (Å²) in [6.07, 6.45) is 6.68. The highest BCUT2D eigenvalue weighted by atomic mass is 16.5. The molecular formula is C13H25NO2. The van der Waals surface area contributed by atoms with E-state index in [4.69, 9.17) is 15.2 Å². The minimum atomic E-state index is 0.120. The Kier molecular flexibility index (Phi) is 3.57. The van der Waals surface area contributed by atoms with Gasteiger partial charge in [-0.2, -0.15) is 0 Å². The van der Waals surface area contributed by atoms with Gasteiger partial charge < -0.3 is 15.2 Å². The van der Waals surface area contributed by atoms with Crippen LogP contribution in [0.4, 0.5) is 0 Å². The van der Waals surface area contributed by atoms with Gasteiger partial charge in [0.2, 0.25) is 0 Å². The first-order valence-corrected chi connectivity index (χ1v) is 6.46. The third-order valence-electron chi connectivity index (χ3n) is 4.22. The Hall–Kier alpha value is -0.120. The lowest BCUT2D eigenvalue weighted by molar-refractivity contribution is -0.159. The van der Waals surface area contributed by atoms with Gasteiger partial charge in [0.25, 0.3) is 0 Å². The summed E-state index contributed by atoms with van der Waals surface area (Å²) in [5.41, 5.74) is 6.38. The van der Waals surface area contributed by atoms with E-state index in [0.717, 1.165) is 6.42 Å². The molecule has 0 bridgehead atoms. The number of rotatable bonds is 3. The maximum atomic E-state index is 6.09. The summed E-state index contributed by atoms with van der Waals surface area (Å²) in [5.74, 6) is 0. The fourth-order valence-electron chi connectivity index (χ4n) is 2.83. The monoisotopic (exact) mass is 227 g/mol. The van der Waals surface area contributed by atoms with Crippen molar-refractivity contribution >= 4 is 0 Å².